The van der Waals surface area contributed by atoms with E-state index in [9.17, 15) is 0 Å². The number of benzene rings is 8. The van der Waals surface area contributed by atoms with Crippen molar-refractivity contribution in [3.8, 4) is 51.0 Å². The Morgan fingerprint density at radius 3 is 1.69 bits per heavy atom. The number of rotatable bonds is 5. The predicted octanol–water partition coefficient (Wildman–Crippen LogP) is 13.7. The fourth-order valence-corrected chi connectivity index (χ4v) is 10.3. The summed E-state index contributed by atoms with van der Waals surface area (Å²) in [5.41, 5.74) is 13.3. The van der Waals surface area contributed by atoms with Gasteiger partial charge in [0.15, 0.2) is 17.5 Å². The van der Waals surface area contributed by atoms with Gasteiger partial charge in [-0.25, -0.2) is 15.0 Å². The highest BCUT2D eigenvalue weighted by atomic mass is 32.1. The van der Waals surface area contributed by atoms with Gasteiger partial charge >= 0.3 is 0 Å². The molecule has 0 aliphatic heterocycles. The van der Waals surface area contributed by atoms with E-state index in [0.29, 0.717) is 17.5 Å². The SMILES string of the molecule is c1ccc(-c2nc(-c3ccccc3)nc(-c3ccc([C@H]4Cc5ccc6sc7cc(-n8c9ccccc9c9ccccc98)ccc7c6c5-c5ccccc54)cc3)n2)cc1. The highest BCUT2D eigenvalue weighted by Gasteiger charge is 2.28. The molecule has 0 spiro atoms. The van der Waals surface area contributed by atoms with Crippen molar-refractivity contribution in [2.75, 3.05) is 0 Å². The van der Waals surface area contributed by atoms with Gasteiger partial charge in [-0.05, 0) is 64.6 Å². The standard InChI is InChI=1S/C53H34N4S/c1-3-13-34(14-4-1)51-54-52(35-15-5-2-6-16-35)56-53(55-51)36-25-23-33(24-26-36)44-31-37-27-30-47-50(49(37)42-20-8-7-17-39(42)44)43-29-28-38(32-48(43)58-47)57-45-21-11-9-18-40(45)41-19-10-12-22-46(41)57/h1-30,32,44H,31H2/t44-/m1/s1. The Labute approximate surface area is 339 Å². The van der Waals surface area contributed by atoms with Gasteiger partial charge in [0.2, 0.25) is 0 Å². The van der Waals surface area contributed by atoms with E-state index in [0.717, 1.165) is 23.1 Å². The molecule has 5 heteroatoms. The van der Waals surface area contributed by atoms with Gasteiger partial charge in [0, 0.05) is 59.2 Å². The van der Waals surface area contributed by atoms with Gasteiger partial charge in [-0.2, -0.15) is 0 Å². The Bertz CT molecular complexity index is 3250. The highest BCUT2D eigenvalue weighted by Crippen LogP contribution is 2.49. The smallest absolute Gasteiger partial charge is 0.164 e. The van der Waals surface area contributed by atoms with Crippen LogP contribution in [0.2, 0.25) is 0 Å². The normalized spacial score (nSPS) is 13.6. The molecule has 0 fully saturated rings. The minimum Gasteiger partial charge on any atom is -0.309 e. The molecule has 0 amide bonds. The van der Waals surface area contributed by atoms with Crippen molar-refractivity contribution in [1.82, 2.24) is 19.5 Å². The number of fused-ring (bicyclic) bond motifs is 10. The zero-order chi connectivity index (χ0) is 38.2. The van der Waals surface area contributed by atoms with Crippen LogP contribution < -0.4 is 0 Å². The number of hydrogen-bond donors (Lipinski definition) is 0. The third kappa shape index (κ3) is 5.24. The molecule has 0 unspecified atom stereocenters. The van der Waals surface area contributed by atoms with Gasteiger partial charge in [-0.1, -0.05) is 158 Å². The summed E-state index contributed by atoms with van der Waals surface area (Å²) in [6.07, 6.45) is 0.931. The van der Waals surface area contributed by atoms with E-state index in [1.54, 1.807) is 0 Å². The zero-order valence-electron chi connectivity index (χ0n) is 31.4. The quantitative estimate of drug-likeness (QED) is 0.176. The maximum Gasteiger partial charge on any atom is 0.164 e. The third-order valence-corrected chi connectivity index (χ3v) is 13.0. The Morgan fingerprint density at radius 2 is 1.03 bits per heavy atom. The Morgan fingerprint density at radius 1 is 0.466 bits per heavy atom. The summed E-state index contributed by atoms with van der Waals surface area (Å²) in [5.74, 6) is 2.23. The largest absolute Gasteiger partial charge is 0.309 e. The first-order valence-electron chi connectivity index (χ1n) is 19.8. The number of aromatic nitrogens is 4. The summed E-state index contributed by atoms with van der Waals surface area (Å²) in [5, 5.41) is 5.25. The second kappa shape index (κ2) is 13.2. The average molecular weight is 759 g/mol. The molecule has 3 heterocycles. The molecule has 0 saturated heterocycles. The topological polar surface area (TPSA) is 43.6 Å². The molecule has 1 aliphatic carbocycles. The molecule has 272 valence electrons. The summed E-state index contributed by atoms with van der Waals surface area (Å²) < 4.78 is 5.05. The van der Waals surface area contributed by atoms with Crippen molar-refractivity contribution in [3.05, 3.63) is 205 Å². The summed E-state index contributed by atoms with van der Waals surface area (Å²) in [6, 6.07) is 67.5. The lowest BCUT2D eigenvalue weighted by molar-refractivity contribution is 0.795. The van der Waals surface area contributed by atoms with Crippen LogP contribution in [0.3, 0.4) is 0 Å². The first-order chi connectivity index (χ1) is 28.7. The van der Waals surface area contributed by atoms with E-state index >= 15 is 0 Å². The molecule has 11 aromatic rings. The summed E-state index contributed by atoms with van der Waals surface area (Å²) in [7, 11) is 0. The average Bonchev–Trinajstić information content (AvgIpc) is 3.84. The van der Waals surface area contributed by atoms with Crippen LogP contribution in [0, 0.1) is 0 Å². The van der Waals surface area contributed by atoms with Crippen molar-refractivity contribution in [2.24, 2.45) is 0 Å². The van der Waals surface area contributed by atoms with Gasteiger partial charge < -0.3 is 4.57 Å². The lowest BCUT2D eigenvalue weighted by Crippen LogP contribution is -2.13. The molecule has 0 radical (unpaired) electrons. The number of para-hydroxylation sites is 2. The van der Waals surface area contributed by atoms with Gasteiger partial charge in [0.1, 0.15) is 0 Å². The molecular formula is C53H34N4S. The van der Waals surface area contributed by atoms with Crippen molar-refractivity contribution in [1.29, 1.82) is 0 Å². The van der Waals surface area contributed by atoms with Crippen molar-refractivity contribution in [2.45, 2.75) is 12.3 Å². The van der Waals surface area contributed by atoms with E-state index in [-0.39, 0.29) is 5.92 Å². The van der Waals surface area contributed by atoms with E-state index in [4.69, 9.17) is 15.0 Å². The molecule has 58 heavy (non-hydrogen) atoms. The van der Waals surface area contributed by atoms with Crippen LogP contribution in [-0.4, -0.2) is 19.5 Å². The van der Waals surface area contributed by atoms with Crippen LogP contribution in [0.1, 0.15) is 22.6 Å². The maximum atomic E-state index is 4.98. The predicted molar refractivity (Wildman–Crippen MR) is 241 cm³/mol. The molecule has 4 nitrogen and oxygen atoms in total. The first kappa shape index (κ1) is 33.0. The second-order valence-electron chi connectivity index (χ2n) is 15.1. The minimum atomic E-state index is 0.222. The van der Waals surface area contributed by atoms with Crippen LogP contribution in [0.4, 0.5) is 0 Å². The number of thiophene rings is 1. The van der Waals surface area contributed by atoms with E-state index in [1.165, 1.54) is 75.5 Å². The lowest BCUT2D eigenvalue weighted by Gasteiger charge is -2.29. The minimum absolute atomic E-state index is 0.222. The Kier molecular flexibility index (Phi) is 7.50. The second-order valence-corrected chi connectivity index (χ2v) is 16.2. The van der Waals surface area contributed by atoms with Gasteiger partial charge in [-0.3, -0.25) is 0 Å². The van der Waals surface area contributed by atoms with Gasteiger partial charge in [-0.15, -0.1) is 11.3 Å². The molecule has 0 N–H and O–H groups in total. The van der Waals surface area contributed by atoms with Crippen LogP contribution in [0.25, 0.3) is 93.0 Å². The molecule has 1 atom stereocenters. The van der Waals surface area contributed by atoms with Crippen LogP contribution in [0.5, 0.6) is 0 Å². The molecule has 12 rings (SSSR count). The Balaban J connectivity index is 0.935. The monoisotopic (exact) mass is 758 g/mol. The maximum absolute atomic E-state index is 4.98. The van der Waals surface area contributed by atoms with E-state index in [2.05, 4.69) is 132 Å². The summed E-state index contributed by atoms with van der Waals surface area (Å²) in [6.45, 7) is 0. The lowest BCUT2D eigenvalue weighted by atomic mass is 9.74. The van der Waals surface area contributed by atoms with Gasteiger partial charge in [0.05, 0.1) is 11.0 Å². The van der Waals surface area contributed by atoms with Crippen LogP contribution in [-0.2, 0) is 6.42 Å². The number of hydrogen-bond acceptors (Lipinski definition) is 4. The molecule has 1 aliphatic rings. The summed E-state index contributed by atoms with van der Waals surface area (Å²) in [4.78, 5) is 14.8. The molecule has 3 aromatic heterocycles. The fourth-order valence-electron chi connectivity index (χ4n) is 9.18. The van der Waals surface area contributed by atoms with Crippen molar-refractivity contribution < 1.29 is 0 Å². The number of nitrogens with zero attached hydrogens (tertiary/aromatic N) is 4. The molecule has 0 saturated carbocycles. The summed E-state index contributed by atoms with van der Waals surface area (Å²) >= 11 is 1.90. The molecule has 8 aromatic carbocycles. The van der Waals surface area contributed by atoms with Gasteiger partial charge in [0.25, 0.3) is 0 Å². The van der Waals surface area contributed by atoms with Crippen LogP contribution >= 0.6 is 11.3 Å². The highest BCUT2D eigenvalue weighted by molar-refractivity contribution is 7.26. The molecular weight excluding hydrogens is 725 g/mol. The van der Waals surface area contributed by atoms with E-state index < -0.39 is 0 Å². The zero-order valence-corrected chi connectivity index (χ0v) is 32.2. The Hall–Kier alpha value is -7.21. The van der Waals surface area contributed by atoms with E-state index in [1.807, 2.05) is 72.0 Å². The van der Waals surface area contributed by atoms with Crippen molar-refractivity contribution >= 4 is 53.3 Å². The van der Waals surface area contributed by atoms with Crippen molar-refractivity contribution in [3.63, 3.8) is 0 Å². The molecule has 0 bridgehead atoms. The first-order valence-corrected chi connectivity index (χ1v) is 20.6. The fraction of sp³-hybridized carbons (Fsp3) is 0.0377. The third-order valence-electron chi connectivity index (χ3n) is 11.8. The van der Waals surface area contributed by atoms with Crippen LogP contribution in [0.15, 0.2) is 188 Å².